The van der Waals surface area contributed by atoms with E-state index in [2.05, 4.69) is 6.58 Å². The van der Waals surface area contributed by atoms with E-state index in [-0.39, 0.29) is 17.4 Å². The fraction of sp³-hybridized carbons (Fsp3) is 0.409. The van der Waals surface area contributed by atoms with Crippen LogP contribution in [0.15, 0.2) is 52.8 Å². The minimum atomic E-state index is -3.92. The molecule has 2 atom stereocenters. The summed E-state index contributed by atoms with van der Waals surface area (Å²) in [7, 11) is -1.10. The van der Waals surface area contributed by atoms with E-state index in [1.165, 1.54) is 30.7 Å². The zero-order valence-electron chi connectivity index (χ0n) is 17.5. The van der Waals surface area contributed by atoms with E-state index in [1.807, 2.05) is 18.4 Å². The van der Waals surface area contributed by atoms with Crippen molar-refractivity contribution in [2.24, 2.45) is 0 Å². The molecule has 2 heterocycles. The van der Waals surface area contributed by atoms with Gasteiger partial charge in [0.15, 0.2) is 0 Å². The molecule has 0 N–H and O–H groups in total. The number of rotatable bonds is 7. The average Bonchev–Trinajstić information content (AvgIpc) is 3.13. The maximum absolute atomic E-state index is 13.6. The molecule has 1 aliphatic rings. The third-order valence-electron chi connectivity index (χ3n) is 5.42. The van der Waals surface area contributed by atoms with E-state index in [1.54, 1.807) is 23.5 Å². The Labute approximate surface area is 182 Å². The molecule has 0 fully saturated rings. The first-order valence-electron chi connectivity index (χ1n) is 9.74. The van der Waals surface area contributed by atoms with Crippen LogP contribution in [-0.2, 0) is 26.0 Å². The largest absolute Gasteiger partial charge is 0.497 e. The summed E-state index contributed by atoms with van der Waals surface area (Å²) in [6, 6.07) is 7.29. The van der Waals surface area contributed by atoms with Crippen molar-refractivity contribution in [2.75, 3.05) is 20.8 Å². The van der Waals surface area contributed by atoms with E-state index in [0.29, 0.717) is 25.0 Å². The van der Waals surface area contributed by atoms with Crippen LogP contribution in [0.2, 0.25) is 0 Å². The molecule has 3 rings (SSSR count). The number of thiophene rings is 1. The van der Waals surface area contributed by atoms with Crippen LogP contribution < -0.4 is 4.74 Å². The first-order valence-corrected chi connectivity index (χ1v) is 12.1. The molecule has 0 saturated heterocycles. The second-order valence-electron chi connectivity index (χ2n) is 7.41. The lowest BCUT2D eigenvalue weighted by atomic mass is 9.87. The lowest BCUT2D eigenvalue weighted by molar-refractivity contribution is -0.146. The number of ether oxygens (including phenoxy) is 2. The van der Waals surface area contributed by atoms with E-state index in [9.17, 15) is 13.2 Å². The number of carbonyl (C=O) groups is 1. The molecule has 0 saturated carbocycles. The maximum Gasteiger partial charge on any atom is 0.324 e. The number of esters is 1. The monoisotopic (exact) mass is 449 g/mol. The van der Waals surface area contributed by atoms with Crippen molar-refractivity contribution in [3.8, 4) is 5.75 Å². The number of allylic oxidation sites excluding steroid dienone is 1. The normalized spacial score (nSPS) is 19.6. The van der Waals surface area contributed by atoms with Crippen molar-refractivity contribution in [1.29, 1.82) is 0 Å². The molecular formula is C22H27NO5S2. The highest BCUT2D eigenvalue weighted by atomic mass is 32.2. The summed E-state index contributed by atoms with van der Waals surface area (Å²) in [6.45, 7) is 6.12. The van der Waals surface area contributed by atoms with Crippen molar-refractivity contribution in [2.45, 2.75) is 43.0 Å². The van der Waals surface area contributed by atoms with Crippen molar-refractivity contribution < 1.29 is 22.7 Å². The average molecular weight is 450 g/mol. The number of sulfonamides is 1. The molecule has 0 bridgehead atoms. The summed E-state index contributed by atoms with van der Waals surface area (Å²) < 4.78 is 38.7. The van der Waals surface area contributed by atoms with Crippen molar-refractivity contribution in [3.63, 3.8) is 0 Å². The number of carbonyl (C=O) groups excluding carboxylic acids is 1. The molecule has 1 aromatic heterocycles. The van der Waals surface area contributed by atoms with Gasteiger partial charge in [0.05, 0.1) is 19.1 Å². The highest BCUT2D eigenvalue weighted by molar-refractivity contribution is 7.89. The Balaban J connectivity index is 2.08. The minimum Gasteiger partial charge on any atom is -0.497 e. The molecule has 0 radical (unpaired) electrons. The lowest BCUT2D eigenvalue weighted by Gasteiger charge is -2.32. The summed E-state index contributed by atoms with van der Waals surface area (Å²) >= 11 is 1.60. The number of nitrogens with zero attached hydrogens (tertiary/aromatic N) is 1. The van der Waals surface area contributed by atoms with Crippen molar-refractivity contribution in [3.05, 3.63) is 58.3 Å². The number of benzene rings is 1. The zero-order valence-corrected chi connectivity index (χ0v) is 19.1. The first-order chi connectivity index (χ1) is 14.3. The van der Waals surface area contributed by atoms with Gasteiger partial charge in [-0.05, 0) is 67.5 Å². The van der Waals surface area contributed by atoms with Gasteiger partial charge < -0.3 is 9.47 Å². The van der Waals surface area contributed by atoms with Crippen LogP contribution >= 0.6 is 11.3 Å². The van der Waals surface area contributed by atoms with Gasteiger partial charge in [-0.3, -0.25) is 4.79 Å². The van der Waals surface area contributed by atoms with Crippen LogP contribution in [0, 0.1) is 0 Å². The third-order valence-corrected chi connectivity index (χ3v) is 8.31. The Kier molecular flexibility index (Phi) is 7.00. The summed E-state index contributed by atoms with van der Waals surface area (Å²) in [5.41, 5.74) is 2.02. The van der Waals surface area contributed by atoms with Gasteiger partial charge >= 0.3 is 5.97 Å². The topological polar surface area (TPSA) is 72.9 Å². The Morgan fingerprint density at radius 1 is 1.23 bits per heavy atom. The predicted molar refractivity (Wildman–Crippen MR) is 118 cm³/mol. The quantitative estimate of drug-likeness (QED) is 0.472. The van der Waals surface area contributed by atoms with Gasteiger partial charge in [0, 0.05) is 17.3 Å². The Morgan fingerprint density at radius 2 is 1.93 bits per heavy atom. The molecule has 6 nitrogen and oxygen atoms in total. The van der Waals surface area contributed by atoms with Gasteiger partial charge in [0.1, 0.15) is 11.8 Å². The van der Waals surface area contributed by atoms with Crippen LogP contribution in [0.5, 0.6) is 5.75 Å². The van der Waals surface area contributed by atoms with Crippen LogP contribution in [0.3, 0.4) is 0 Å². The highest BCUT2D eigenvalue weighted by Crippen LogP contribution is 2.39. The second-order valence-corrected chi connectivity index (χ2v) is 10.3. The molecule has 0 amide bonds. The zero-order chi connectivity index (χ0) is 21.9. The predicted octanol–water partition coefficient (Wildman–Crippen LogP) is 3.99. The van der Waals surface area contributed by atoms with Crippen LogP contribution in [-0.4, -0.2) is 45.5 Å². The van der Waals surface area contributed by atoms with Gasteiger partial charge in [-0.2, -0.15) is 4.31 Å². The number of hydrogen-bond acceptors (Lipinski definition) is 6. The van der Waals surface area contributed by atoms with Crippen LogP contribution in [0.4, 0.5) is 0 Å². The summed E-state index contributed by atoms with van der Waals surface area (Å²) in [5.74, 6) is -0.278. The molecular weight excluding hydrogens is 422 g/mol. The van der Waals surface area contributed by atoms with Gasteiger partial charge in [0.2, 0.25) is 10.0 Å². The van der Waals surface area contributed by atoms with Gasteiger partial charge in [-0.1, -0.05) is 5.57 Å². The van der Waals surface area contributed by atoms with E-state index < -0.39 is 22.0 Å². The minimum absolute atomic E-state index is 0.126. The molecule has 1 aliphatic heterocycles. The van der Waals surface area contributed by atoms with Gasteiger partial charge in [0.25, 0.3) is 0 Å². The molecule has 0 unspecified atom stereocenters. The first kappa shape index (κ1) is 22.5. The third kappa shape index (κ3) is 4.45. The molecule has 1 aromatic carbocycles. The summed E-state index contributed by atoms with van der Waals surface area (Å²) in [6.07, 6.45) is 1.87. The summed E-state index contributed by atoms with van der Waals surface area (Å²) in [5, 5.41) is 2.00. The molecule has 2 aromatic rings. The Morgan fingerprint density at radius 3 is 2.53 bits per heavy atom. The Bertz CT molecular complexity index is 1010. The fourth-order valence-electron chi connectivity index (χ4n) is 3.88. The maximum atomic E-state index is 13.6. The SMILES string of the molecule is C=C(C)CC[C@H]1c2ccsc2CCN(S(=O)(=O)c2ccc(OC)cc2)[C@@H]1C(=O)OC. The molecule has 8 heteroatoms. The van der Waals surface area contributed by atoms with Crippen molar-refractivity contribution >= 4 is 27.3 Å². The van der Waals surface area contributed by atoms with Gasteiger partial charge in [-0.25, -0.2) is 8.42 Å². The van der Waals surface area contributed by atoms with Crippen LogP contribution in [0.25, 0.3) is 0 Å². The number of fused-ring (bicyclic) bond motifs is 1. The smallest absolute Gasteiger partial charge is 0.324 e. The van der Waals surface area contributed by atoms with Gasteiger partial charge in [-0.15, -0.1) is 17.9 Å². The van der Waals surface area contributed by atoms with E-state index in [4.69, 9.17) is 9.47 Å². The van der Waals surface area contributed by atoms with E-state index in [0.717, 1.165) is 16.0 Å². The standard InChI is InChI=1S/C22H27NO5S2/c1-15(2)5-10-19-18-12-14-29-20(18)11-13-23(21(19)22(24)28-4)30(25,26)17-8-6-16(27-3)7-9-17/h6-9,12,14,19,21H,1,5,10-11,13H2,2-4H3/t19-,21-/m0/s1. The second kappa shape index (κ2) is 9.32. The Hall–Kier alpha value is -2.16. The van der Waals surface area contributed by atoms with Crippen LogP contribution in [0.1, 0.15) is 36.1 Å². The molecule has 0 aliphatic carbocycles. The highest BCUT2D eigenvalue weighted by Gasteiger charge is 2.44. The molecule has 30 heavy (non-hydrogen) atoms. The molecule has 162 valence electrons. The van der Waals surface area contributed by atoms with E-state index >= 15 is 0 Å². The fourth-order valence-corrected chi connectivity index (χ4v) is 6.43. The molecule has 0 spiro atoms. The number of methoxy groups -OCH3 is 2. The number of hydrogen-bond donors (Lipinski definition) is 0. The van der Waals surface area contributed by atoms with Crippen molar-refractivity contribution in [1.82, 2.24) is 4.31 Å². The summed E-state index contributed by atoms with van der Waals surface area (Å²) in [4.78, 5) is 14.2. The lowest BCUT2D eigenvalue weighted by Crippen LogP contribution is -2.48.